The van der Waals surface area contributed by atoms with E-state index in [2.05, 4.69) is 25.0 Å². The molecule has 7 nitrogen and oxygen atoms in total. The molecule has 0 saturated heterocycles. The van der Waals surface area contributed by atoms with E-state index in [1.54, 1.807) is 24.7 Å². The Morgan fingerprint density at radius 1 is 1.40 bits per heavy atom. The van der Waals surface area contributed by atoms with Gasteiger partial charge in [-0.25, -0.2) is 9.78 Å². The number of thiazole rings is 1. The quantitative estimate of drug-likeness (QED) is 0.662. The molecule has 25 heavy (non-hydrogen) atoms. The molecule has 0 atom stereocenters. The molecule has 0 spiro atoms. The third-order valence-electron chi connectivity index (χ3n) is 3.50. The number of carbonyl (C=O) groups excluding carboxylic acids is 2. The van der Waals surface area contributed by atoms with Crippen LogP contribution in [0.15, 0.2) is 42.2 Å². The van der Waals surface area contributed by atoms with Crippen molar-refractivity contribution in [3.63, 3.8) is 0 Å². The van der Waals surface area contributed by atoms with Crippen LogP contribution >= 0.6 is 11.3 Å². The van der Waals surface area contributed by atoms with Crippen molar-refractivity contribution < 1.29 is 14.3 Å². The Morgan fingerprint density at radius 2 is 2.28 bits per heavy atom. The number of pyridine rings is 1. The monoisotopic (exact) mass is 356 g/mol. The SMILES string of the molecule is COC(=O)c1cc(-c2csc(NC(=O)CCc3cccnc3)n2)c[nH]1. The van der Waals surface area contributed by atoms with Gasteiger partial charge in [-0.2, -0.15) is 0 Å². The number of aromatic amines is 1. The summed E-state index contributed by atoms with van der Waals surface area (Å²) in [5.74, 6) is -0.542. The molecule has 0 unspecified atom stereocenters. The first-order valence-electron chi connectivity index (χ1n) is 7.57. The molecule has 0 aliphatic heterocycles. The van der Waals surface area contributed by atoms with Gasteiger partial charge in [-0.05, 0) is 24.1 Å². The van der Waals surface area contributed by atoms with Gasteiger partial charge in [-0.1, -0.05) is 6.07 Å². The summed E-state index contributed by atoms with van der Waals surface area (Å²) in [6.45, 7) is 0. The summed E-state index contributed by atoms with van der Waals surface area (Å²) in [7, 11) is 1.32. The molecule has 0 bridgehead atoms. The average Bonchev–Trinajstić information content (AvgIpc) is 3.29. The number of nitrogens with one attached hydrogen (secondary N) is 2. The third-order valence-corrected chi connectivity index (χ3v) is 4.26. The van der Waals surface area contributed by atoms with Crippen LogP contribution < -0.4 is 5.32 Å². The molecule has 0 aliphatic carbocycles. The second kappa shape index (κ2) is 7.71. The van der Waals surface area contributed by atoms with E-state index in [1.165, 1.54) is 18.4 Å². The molecule has 1 amide bonds. The lowest BCUT2D eigenvalue weighted by Gasteiger charge is -2.01. The van der Waals surface area contributed by atoms with Crippen molar-refractivity contribution >= 4 is 28.3 Å². The predicted octanol–water partition coefficient (Wildman–Crippen LogP) is 2.89. The van der Waals surface area contributed by atoms with Gasteiger partial charge < -0.3 is 15.0 Å². The Morgan fingerprint density at radius 3 is 3.04 bits per heavy atom. The fourth-order valence-electron chi connectivity index (χ4n) is 2.22. The summed E-state index contributed by atoms with van der Waals surface area (Å²) >= 11 is 1.33. The predicted molar refractivity (Wildman–Crippen MR) is 94.4 cm³/mol. The van der Waals surface area contributed by atoms with Crippen molar-refractivity contribution in [2.45, 2.75) is 12.8 Å². The minimum Gasteiger partial charge on any atom is -0.464 e. The Balaban J connectivity index is 1.58. The fraction of sp³-hybridized carbons (Fsp3) is 0.176. The van der Waals surface area contributed by atoms with Gasteiger partial charge in [0.1, 0.15) is 5.69 Å². The number of ether oxygens (including phenoxy) is 1. The largest absolute Gasteiger partial charge is 0.464 e. The zero-order valence-corrected chi connectivity index (χ0v) is 14.3. The summed E-state index contributed by atoms with van der Waals surface area (Å²) in [5.41, 5.74) is 2.80. The lowest BCUT2D eigenvalue weighted by molar-refractivity contribution is -0.116. The number of carbonyl (C=O) groups is 2. The first-order chi connectivity index (χ1) is 12.2. The summed E-state index contributed by atoms with van der Waals surface area (Å²) in [5, 5.41) is 5.13. The Hall–Kier alpha value is -3.00. The average molecular weight is 356 g/mol. The molecule has 3 heterocycles. The highest BCUT2D eigenvalue weighted by Gasteiger charge is 2.12. The van der Waals surface area contributed by atoms with Crippen molar-refractivity contribution in [3.05, 3.63) is 53.4 Å². The fourth-order valence-corrected chi connectivity index (χ4v) is 2.96. The molecule has 0 radical (unpaired) electrons. The molecule has 0 aliphatic rings. The van der Waals surface area contributed by atoms with Crippen molar-refractivity contribution in [1.82, 2.24) is 15.0 Å². The van der Waals surface area contributed by atoms with Crippen molar-refractivity contribution in [1.29, 1.82) is 0 Å². The second-order valence-corrected chi connectivity index (χ2v) is 6.10. The number of rotatable bonds is 6. The molecule has 128 valence electrons. The van der Waals surface area contributed by atoms with Gasteiger partial charge in [-0.3, -0.25) is 9.78 Å². The van der Waals surface area contributed by atoms with E-state index in [-0.39, 0.29) is 5.91 Å². The van der Waals surface area contributed by atoms with E-state index in [1.807, 2.05) is 17.5 Å². The molecule has 8 heteroatoms. The summed E-state index contributed by atoms with van der Waals surface area (Å²) in [4.78, 5) is 34.7. The number of esters is 1. The molecular formula is C17H16N4O3S. The number of H-pyrrole nitrogens is 1. The van der Waals surface area contributed by atoms with Gasteiger partial charge in [0, 0.05) is 36.0 Å². The van der Waals surface area contributed by atoms with E-state index in [0.717, 1.165) is 11.1 Å². The maximum Gasteiger partial charge on any atom is 0.354 e. The van der Waals surface area contributed by atoms with Crippen LogP contribution in [0.2, 0.25) is 0 Å². The van der Waals surface area contributed by atoms with Gasteiger partial charge in [-0.15, -0.1) is 11.3 Å². The Bertz CT molecular complexity index is 873. The van der Waals surface area contributed by atoms with Gasteiger partial charge in [0.05, 0.1) is 12.8 Å². The van der Waals surface area contributed by atoms with E-state index < -0.39 is 5.97 Å². The highest BCUT2D eigenvalue weighted by Crippen LogP contribution is 2.25. The minimum absolute atomic E-state index is 0.103. The Labute approximate surface area is 148 Å². The number of anilines is 1. The molecule has 3 aromatic heterocycles. The Kier molecular flexibility index (Phi) is 5.20. The lowest BCUT2D eigenvalue weighted by atomic mass is 10.1. The number of amides is 1. The molecule has 3 aromatic rings. The zero-order chi connectivity index (χ0) is 17.6. The van der Waals surface area contributed by atoms with Crippen LogP contribution in [-0.4, -0.2) is 33.9 Å². The topological polar surface area (TPSA) is 97.0 Å². The van der Waals surface area contributed by atoms with Crippen LogP contribution in [-0.2, 0) is 16.0 Å². The van der Waals surface area contributed by atoms with Gasteiger partial charge in [0.15, 0.2) is 5.13 Å². The van der Waals surface area contributed by atoms with E-state index in [4.69, 9.17) is 0 Å². The van der Waals surface area contributed by atoms with Gasteiger partial charge >= 0.3 is 5.97 Å². The highest BCUT2D eigenvalue weighted by atomic mass is 32.1. The molecule has 0 saturated carbocycles. The van der Waals surface area contributed by atoms with Crippen LogP contribution in [0.1, 0.15) is 22.5 Å². The highest BCUT2D eigenvalue weighted by molar-refractivity contribution is 7.14. The molecule has 2 N–H and O–H groups in total. The number of aryl methyl sites for hydroxylation is 1. The van der Waals surface area contributed by atoms with Gasteiger partial charge in [0.25, 0.3) is 0 Å². The number of methoxy groups -OCH3 is 1. The standard InChI is InChI=1S/C17H16N4O3S/c1-24-16(23)13-7-12(9-19-13)14-10-25-17(20-14)21-15(22)5-4-11-3-2-6-18-8-11/h2-3,6-10,19H,4-5H2,1H3,(H,20,21,22). The van der Waals surface area contributed by atoms with Crippen LogP contribution in [0.3, 0.4) is 0 Å². The third kappa shape index (κ3) is 4.30. The van der Waals surface area contributed by atoms with Crippen molar-refractivity contribution in [3.8, 4) is 11.3 Å². The molecule has 3 rings (SSSR count). The summed E-state index contributed by atoms with van der Waals surface area (Å²) in [6.07, 6.45) is 6.11. The maximum absolute atomic E-state index is 12.0. The van der Waals surface area contributed by atoms with E-state index in [0.29, 0.717) is 29.4 Å². The molecule has 0 aromatic carbocycles. The zero-order valence-electron chi connectivity index (χ0n) is 13.5. The number of nitrogens with zero attached hydrogens (tertiary/aromatic N) is 2. The van der Waals surface area contributed by atoms with E-state index in [9.17, 15) is 9.59 Å². The van der Waals surface area contributed by atoms with Crippen molar-refractivity contribution in [2.75, 3.05) is 12.4 Å². The smallest absolute Gasteiger partial charge is 0.354 e. The first kappa shape index (κ1) is 16.8. The van der Waals surface area contributed by atoms with E-state index >= 15 is 0 Å². The van der Waals surface area contributed by atoms with Gasteiger partial charge in [0.2, 0.25) is 5.91 Å². The normalized spacial score (nSPS) is 10.4. The summed E-state index contributed by atoms with van der Waals surface area (Å²) in [6, 6.07) is 5.45. The number of hydrogen-bond donors (Lipinski definition) is 2. The minimum atomic E-state index is -0.439. The maximum atomic E-state index is 12.0. The summed E-state index contributed by atoms with van der Waals surface area (Å²) < 4.78 is 4.66. The number of aromatic nitrogens is 3. The van der Waals surface area contributed by atoms with Crippen LogP contribution in [0.4, 0.5) is 5.13 Å². The van der Waals surface area contributed by atoms with Crippen LogP contribution in [0.5, 0.6) is 0 Å². The second-order valence-electron chi connectivity index (χ2n) is 5.24. The molecular weight excluding hydrogens is 340 g/mol. The van der Waals surface area contributed by atoms with Crippen LogP contribution in [0.25, 0.3) is 11.3 Å². The molecule has 0 fully saturated rings. The first-order valence-corrected chi connectivity index (χ1v) is 8.45. The lowest BCUT2D eigenvalue weighted by Crippen LogP contribution is -2.12. The van der Waals surface area contributed by atoms with Crippen molar-refractivity contribution in [2.24, 2.45) is 0 Å². The van der Waals surface area contributed by atoms with Crippen LogP contribution in [0, 0.1) is 0 Å². The number of hydrogen-bond acceptors (Lipinski definition) is 6.